The first-order valence-corrected chi connectivity index (χ1v) is 10.7. The van der Waals surface area contributed by atoms with Crippen LogP contribution in [0.5, 0.6) is 11.5 Å². The largest absolute Gasteiger partial charge is 0.493 e. The molecule has 0 bridgehead atoms. The standard InChI is InChI=1S/C24H21FN2O4S/c1-29-20-10-7-17(12-22(20)30-2)21-13-19(26-31-21)15-27(24(28)23-4-3-11-32-23)14-16-5-8-18(25)9-6-16/h3-13H,14-15H2,1-2H3. The first-order chi connectivity index (χ1) is 15.6. The number of methoxy groups -OCH3 is 2. The summed E-state index contributed by atoms with van der Waals surface area (Å²) in [5.41, 5.74) is 2.19. The van der Waals surface area contributed by atoms with E-state index in [2.05, 4.69) is 5.16 Å². The van der Waals surface area contributed by atoms with Gasteiger partial charge in [0.15, 0.2) is 17.3 Å². The molecule has 0 fully saturated rings. The zero-order valence-corrected chi connectivity index (χ0v) is 18.4. The number of hydrogen-bond acceptors (Lipinski definition) is 6. The maximum atomic E-state index is 13.3. The molecular formula is C24H21FN2O4S. The number of carbonyl (C=O) groups excluding carboxylic acids is 1. The fourth-order valence-corrected chi connectivity index (χ4v) is 3.96. The van der Waals surface area contributed by atoms with E-state index >= 15 is 0 Å². The summed E-state index contributed by atoms with van der Waals surface area (Å²) >= 11 is 1.37. The number of benzene rings is 2. The van der Waals surface area contributed by atoms with Gasteiger partial charge in [0.2, 0.25) is 0 Å². The van der Waals surface area contributed by atoms with Crippen molar-refractivity contribution in [1.82, 2.24) is 10.1 Å². The lowest BCUT2D eigenvalue weighted by atomic mass is 10.1. The van der Waals surface area contributed by atoms with Crippen LogP contribution in [0.25, 0.3) is 11.3 Å². The van der Waals surface area contributed by atoms with Gasteiger partial charge in [0.05, 0.1) is 25.6 Å². The number of halogens is 1. The third kappa shape index (κ3) is 4.81. The zero-order valence-electron chi connectivity index (χ0n) is 17.6. The number of carbonyl (C=O) groups is 1. The molecule has 0 aliphatic heterocycles. The number of amides is 1. The van der Waals surface area contributed by atoms with Crippen molar-refractivity contribution in [2.24, 2.45) is 0 Å². The molecule has 0 radical (unpaired) electrons. The fourth-order valence-electron chi connectivity index (χ4n) is 3.27. The van der Waals surface area contributed by atoms with E-state index in [1.165, 1.54) is 23.5 Å². The summed E-state index contributed by atoms with van der Waals surface area (Å²) in [6.45, 7) is 0.556. The molecule has 4 rings (SSSR count). The zero-order chi connectivity index (χ0) is 22.5. The van der Waals surface area contributed by atoms with Crippen molar-refractivity contribution in [3.05, 3.63) is 88.0 Å². The third-order valence-electron chi connectivity index (χ3n) is 4.89. The van der Waals surface area contributed by atoms with Crippen LogP contribution in [0.4, 0.5) is 4.39 Å². The summed E-state index contributed by atoms with van der Waals surface area (Å²) in [6.07, 6.45) is 0. The van der Waals surface area contributed by atoms with Crippen LogP contribution in [0.1, 0.15) is 20.9 Å². The number of rotatable bonds is 8. The maximum absolute atomic E-state index is 13.3. The Morgan fingerprint density at radius 1 is 1.03 bits per heavy atom. The van der Waals surface area contributed by atoms with Gasteiger partial charge in [-0.1, -0.05) is 23.4 Å². The monoisotopic (exact) mass is 452 g/mol. The topological polar surface area (TPSA) is 64.8 Å². The van der Waals surface area contributed by atoms with E-state index in [-0.39, 0.29) is 18.3 Å². The quantitative estimate of drug-likeness (QED) is 0.358. The van der Waals surface area contributed by atoms with Crippen LogP contribution in [-0.4, -0.2) is 30.2 Å². The fraction of sp³-hybridized carbons (Fsp3) is 0.167. The Morgan fingerprint density at radius 3 is 2.50 bits per heavy atom. The molecule has 0 N–H and O–H groups in total. The Hall–Kier alpha value is -3.65. The lowest BCUT2D eigenvalue weighted by Gasteiger charge is -2.21. The van der Waals surface area contributed by atoms with Crippen molar-refractivity contribution in [3.63, 3.8) is 0 Å². The number of ether oxygens (including phenoxy) is 2. The predicted octanol–water partition coefficient (Wildman–Crippen LogP) is 5.40. The molecule has 2 aromatic carbocycles. The van der Waals surface area contributed by atoms with Crippen LogP contribution >= 0.6 is 11.3 Å². The molecule has 0 saturated heterocycles. The van der Waals surface area contributed by atoms with E-state index in [0.29, 0.717) is 34.4 Å². The second-order valence-electron chi connectivity index (χ2n) is 7.02. The highest BCUT2D eigenvalue weighted by molar-refractivity contribution is 7.12. The second-order valence-corrected chi connectivity index (χ2v) is 7.96. The molecule has 0 saturated carbocycles. The van der Waals surface area contributed by atoms with Crippen molar-refractivity contribution in [2.75, 3.05) is 14.2 Å². The van der Waals surface area contributed by atoms with Gasteiger partial charge in [0.25, 0.3) is 5.91 Å². The minimum absolute atomic E-state index is 0.125. The Morgan fingerprint density at radius 2 is 1.81 bits per heavy atom. The maximum Gasteiger partial charge on any atom is 0.264 e. The Bertz CT molecular complexity index is 1190. The smallest absolute Gasteiger partial charge is 0.264 e. The first kappa shape index (κ1) is 21.6. The normalized spacial score (nSPS) is 10.7. The minimum atomic E-state index is -0.319. The van der Waals surface area contributed by atoms with Crippen molar-refractivity contribution >= 4 is 17.2 Å². The molecule has 32 heavy (non-hydrogen) atoms. The van der Waals surface area contributed by atoms with Gasteiger partial charge in [0.1, 0.15) is 11.5 Å². The molecule has 0 unspecified atom stereocenters. The summed E-state index contributed by atoms with van der Waals surface area (Å²) in [5, 5.41) is 6.01. The van der Waals surface area contributed by atoms with Gasteiger partial charge in [-0.15, -0.1) is 11.3 Å². The van der Waals surface area contributed by atoms with Crippen molar-refractivity contribution in [2.45, 2.75) is 13.1 Å². The van der Waals surface area contributed by atoms with Crippen LogP contribution in [0, 0.1) is 5.82 Å². The molecule has 1 amide bonds. The predicted molar refractivity (Wildman–Crippen MR) is 119 cm³/mol. The van der Waals surface area contributed by atoms with Gasteiger partial charge >= 0.3 is 0 Å². The number of aromatic nitrogens is 1. The van der Waals surface area contributed by atoms with Gasteiger partial charge in [-0.2, -0.15) is 0 Å². The van der Waals surface area contributed by atoms with Crippen molar-refractivity contribution < 1.29 is 23.2 Å². The van der Waals surface area contributed by atoms with Crippen molar-refractivity contribution in [3.8, 4) is 22.8 Å². The Balaban J connectivity index is 1.58. The van der Waals surface area contributed by atoms with Crippen LogP contribution < -0.4 is 9.47 Å². The molecule has 2 heterocycles. The summed E-state index contributed by atoms with van der Waals surface area (Å²) in [7, 11) is 3.14. The molecule has 0 spiro atoms. The van der Waals surface area contributed by atoms with Crippen LogP contribution in [-0.2, 0) is 13.1 Å². The first-order valence-electron chi connectivity index (χ1n) is 9.82. The molecule has 0 atom stereocenters. The summed E-state index contributed by atoms with van der Waals surface area (Å²) < 4.78 is 29.5. The Kier molecular flexibility index (Phi) is 6.51. The average Bonchev–Trinajstić information content (AvgIpc) is 3.52. The Labute approximate surface area is 188 Å². The van der Waals surface area contributed by atoms with Gasteiger partial charge in [-0.05, 0) is 47.3 Å². The number of hydrogen-bond donors (Lipinski definition) is 0. The molecular weight excluding hydrogens is 431 g/mol. The SMILES string of the molecule is COc1ccc(-c2cc(CN(Cc3ccc(F)cc3)C(=O)c3cccs3)no2)cc1OC. The van der Waals surface area contributed by atoms with E-state index in [1.807, 2.05) is 17.5 Å². The minimum Gasteiger partial charge on any atom is -0.493 e. The third-order valence-corrected chi connectivity index (χ3v) is 5.74. The average molecular weight is 453 g/mol. The highest BCUT2D eigenvalue weighted by Crippen LogP contribution is 2.32. The molecule has 164 valence electrons. The molecule has 6 nitrogen and oxygen atoms in total. The van der Waals surface area contributed by atoms with Crippen LogP contribution in [0.15, 0.2) is 70.6 Å². The molecule has 2 aromatic heterocycles. The van der Waals surface area contributed by atoms with E-state index in [4.69, 9.17) is 14.0 Å². The lowest BCUT2D eigenvalue weighted by molar-refractivity contribution is 0.0731. The molecule has 4 aromatic rings. The van der Waals surface area contributed by atoms with Gasteiger partial charge < -0.3 is 18.9 Å². The summed E-state index contributed by atoms with van der Waals surface area (Å²) in [6, 6.07) is 16.9. The van der Waals surface area contributed by atoms with Gasteiger partial charge in [-0.25, -0.2) is 4.39 Å². The van der Waals surface area contributed by atoms with E-state index in [0.717, 1.165) is 11.1 Å². The van der Waals surface area contributed by atoms with E-state index in [9.17, 15) is 9.18 Å². The van der Waals surface area contributed by atoms with Gasteiger partial charge in [0, 0.05) is 18.2 Å². The molecule has 0 aliphatic carbocycles. The molecule has 0 aliphatic rings. The second kappa shape index (κ2) is 9.65. The summed E-state index contributed by atoms with van der Waals surface area (Å²) in [4.78, 5) is 15.4. The van der Waals surface area contributed by atoms with Crippen LogP contribution in [0.2, 0.25) is 0 Å². The lowest BCUT2D eigenvalue weighted by Crippen LogP contribution is -2.29. The van der Waals surface area contributed by atoms with Gasteiger partial charge in [-0.3, -0.25) is 4.79 Å². The summed E-state index contributed by atoms with van der Waals surface area (Å²) in [5.74, 6) is 1.30. The number of thiophene rings is 1. The highest BCUT2D eigenvalue weighted by atomic mass is 32.1. The van der Waals surface area contributed by atoms with E-state index in [1.54, 1.807) is 55.5 Å². The van der Waals surface area contributed by atoms with Crippen LogP contribution in [0.3, 0.4) is 0 Å². The van der Waals surface area contributed by atoms with Crippen molar-refractivity contribution in [1.29, 1.82) is 0 Å². The number of nitrogens with zero attached hydrogens (tertiary/aromatic N) is 2. The molecule has 8 heteroatoms. The highest BCUT2D eigenvalue weighted by Gasteiger charge is 2.20. The van der Waals surface area contributed by atoms with E-state index < -0.39 is 0 Å².